The van der Waals surface area contributed by atoms with Crippen molar-refractivity contribution >= 4 is 10.0 Å². The predicted octanol–water partition coefficient (Wildman–Crippen LogP) is 6.84. The van der Waals surface area contributed by atoms with Crippen molar-refractivity contribution in [1.29, 1.82) is 0 Å². The van der Waals surface area contributed by atoms with E-state index in [4.69, 9.17) is 0 Å². The molecule has 6 rings (SSSR count). The number of likely N-dealkylation sites (tertiary alicyclic amines) is 1. The van der Waals surface area contributed by atoms with Gasteiger partial charge in [-0.2, -0.15) is 4.31 Å². The molecular formula is C39H40N2O3S. The number of nitrogens with zero attached hydrogens (tertiary/aromatic N) is 2. The van der Waals surface area contributed by atoms with Crippen LogP contribution in [0.5, 0.6) is 0 Å². The Morgan fingerprint density at radius 3 is 1.42 bits per heavy atom. The molecule has 0 amide bonds. The highest BCUT2D eigenvalue weighted by Gasteiger charge is 2.49. The lowest BCUT2D eigenvalue weighted by Gasteiger charge is -2.47. The topological polar surface area (TPSA) is 60.9 Å². The lowest BCUT2D eigenvalue weighted by molar-refractivity contribution is 0.0445. The van der Waals surface area contributed by atoms with Gasteiger partial charge >= 0.3 is 0 Å². The minimum Gasteiger partial charge on any atom is -0.390 e. The molecule has 5 aromatic rings. The summed E-state index contributed by atoms with van der Waals surface area (Å²) in [5, 5.41) is 12.0. The number of aliphatic hydroxyl groups excluding tert-OH is 1. The molecule has 0 aliphatic carbocycles. The van der Waals surface area contributed by atoms with Crippen molar-refractivity contribution in [1.82, 2.24) is 9.21 Å². The van der Waals surface area contributed by atoms with Crippen LogP contribution in [0.3, 0.4) is 0 Å². The maximum Gasteiger partial charge on any atom is 0.217 e. The van der Waals surface area contributed by atoms with Gasteiger partial charge in [0.2, 0.25) is 10.0 Å². The molecule has 2 atom stereocenters. The van der Waals surface area contributed by atoms with Gasteiger partial charge in [0.25, 0.3) is 0 Å². The van der Waals surface area contributed by atoms with Crippen molar-refractivity contribution in [3.8, 4) is 0 Å². The third-order valence-electron chi connectivity index (χ3n) is 8.93. The summed E-state index contributed by atoms with van der Waals surface area (Å²) in [5.74, 6) is -0.359. The summed E-state index contributed by atoms with van der Waals surface area (Å²) in [5.41, 5.74) is 4.34. The number of aliphatic hydroxyl groups is 1. The molecule has 1 heterocycles. The number of hydrogen-bond acceptors (Lipinski definition) is 4. The van der Waals surface area contributed by atoms with Crippen LogP contribution >= 0.6 is 0 Å². The minimum atomic E-state index is -3.86. The molecule has 1 fully saturated rings. The smallest absolute Gasteiger partial charge is 0.217 e. The minimum absolute atomic E-state index is 0.237. The lowest BCUT2D eigenvalue weighted by atomic mass is 9.75. The Labute approximate surface area is 267 Å². The molecule has 0 spiro atoms. The van der Waals surface area contributed by atoms with Crippen molar-refractivity contribution in [2.75, 3.05) is 12.3 Å². The molecule has 0 radical (unpaired) electrons. The standard InChI is InChI=1S/C39H40N2O3S/c42-38(31-45(43,44)40(29-32-17-6-1-7-18-32)30-33-19-8-2-9-20-33)37-27-16-28-41(37)39(34-21-10-3-11-22-34,35-23-12-4-13-24-35)36-25-14-5-15-26-36/h1-15,17-26,37-38,42H,16,27-31H2/t37-,38+/m0/s1. The first-order chi connectivity index (χ1) is 22.0. The summed E-state index contributed by atoms with van der Waals surface area (Å²) in [6, 6.07) is 50.1. The Bertz CT molecular complexity index is 1600. The normalized spacial score (nSPS) is 16.5. The van der Waals surface area contributed by atoms with Gasteiger partial charge in [0.15, 0.2) is 0 Å². The van der Waals surface area contributed by atoms with Gasteiger partial charge in [-0.25, -0.2) is 8.42 Å². The number of sulfonamides is 1. The fraction of sp³-hybridized carbons (Fsp3) is 0.231. The van der Waals surface area contributed by atoms with E-state index in [1.54, 1.807) is 0 Å². The molecule has 0 aromatic heterocycles. The van der Waals surface area contributed by atoms with Gasteiger partial charge in [-0.1, -0.05) is 152 Å². The summed E-state index contributed by atoms with van der Waals surface area (Å²) in [6.07, 6.45) is 0.456. The van der Waals surface area contributed by atoms with E-state index < -0.39 is 21.7 Å². The monoisotopic (exact) mass is 616 g/mol. The zero-order chi connectivity index (χ0) is 31.1. The molecule has 1 aliphatic heterocycles. The Hall–Kier alpha value is -4.07. The largest absolute Gasteiger partial charge is 0.390 e. The van der Waals surface area contributed by atoms with E-state index in [1.165, 1.54) is 4.31 Å². The van der Waals surface area contributed by atoms with E-state index in [0.29, 0.717) is 6.42 Å². The highest BCUT2D eigenvalue weighted by Crippen LogP contribution is 2.46. The molecule has 5 aromatic carbocycles. The van der Waals surface area contributed by atoms with Crippen LogP contribution < -0.4 is 0 Å². The van der Waals surface area contributed by atoms with Crippen LogP contribution in [0.1, 0.15) is 40.7 Å². The van der Waals surface area contributed by atoms with E-state index in [1.807, 2.05) is 115 Å². The molecule has 45 heavy (non-hydrogen) atoms. The van der Waals surface area contributed by atoms with Crippen molar-refractivity contribution in [3.63, 3.8) is 0 Å². The molecule has 6 heteroatoms. The van der Waals surface area contributed by atoms with Crippen molar-refractivity contribution < 1.29 is 13.5 Å². The van der Waals surface area contributed by atoms with Gasteiger partial charge in [-0.05, 0) is 40.7 Å². The van der Waals surface area contributed by atoms with Crippen LogP contribution in [0.15, 0.2) is 152 Å². The number of benzene rings is 5. The summed E-state index contributed by atoms with van der Waals surface area (Å²) in [6.45, 7) is 1.19. The zero-order valence-electron chi connectivity index (χ0n) is 25.4. The second-order valence-electron chi connectivity index (χ2n) is 11.8. The van der Waals surface area contributed by atoms with Gasteiger partial charge in [-0.15, -0.1) is 0 Å². The van der Waals surface area contributed by atoms with Gasteiger partial charge in [0.1, 0.15) is 0 Å². The highest BCUT2D eigenvalue weighted by atomic mass is 32.2. The average Bonchev–Trinajstić information content (AvgIpc) is 3.58. The second kappa shape index (κ2) is 13.9. The second-order valence-corrected chi connectivity index (χ2v) is 13.8. The van der Waals surface area contributed by atoms with Gasteiger partial charge in [0, 0.05) is 25.7 Å². The first-order valence-corrected chi connectivity index (χ1v) is 17.3. The van der Waals surface area contributed by atoms with Crippen LogP contribution in [0.25, 0.3) is 0 Å². The molecule has 0 bridgehead atoms. The molecule has 1 saturated heterocycles. The molecule has 230 valence electrons. The van der Waals surface area contributed by atoms with Gasteiger partial charge in [0.05, 0.1) is 17.4 Å². The van der Waals surface area contributed by atoms with Crippen LogP contribution in [-0.4, -0.2) is 47.2 Å². The Balaban J connectivity index is 1.38. The van der Waals surface area contributed by atoms with Crippen molar-refractivity contribution in [2.24, 2.45) is 0 Å². The van der Waals surface area contributed by atoms with Crippen molar-refractivity contribution in [3.05, 3.63) is 179 Å². The van der Waals surface area contributed by atoms with Gasteiger partial charge in [-0.3, -0.25) is 4.90 Å². The first kappa shape index (κ1) is 30.9. The fourth-order valence-corrected chi connectivity index (χ4v) is 8.46. The van der Waals surface area contributed by atoms with Crippen LogP contribution in [0.2, 0.25) is 0 Å². The van der Waals surface area contributed by atoms with E-state index in [0.717, 1.165) is 40.8 Å². The third kappa shape index (κ3) is 6.65. The van der Waals surface area contributed by atoms with Crippen LogP contribution in [0, 0.1) is 0 Å². The summed E-state index contributed by atoms with van der Waals surface area (Å²) < 4.78 is 30.0. The van der Waals surface area contributed by atoms with Crippen LogP contribution in [0.4, 0.5) is 0 Å². The maximum absolute atomic E-state index is 14.2. The number of rotatable bonds is 12. The molecule has 5 nitrogen and oxygen atoms in total. The molecule has 0 unspecified atom stereocenters. The highest BCUT2D eigenvalue weighted by molar-refractivity contribution is 7.89. The van der Waals surface area contributed by atoms with E-state index >= 15 is 0 Å². The first-order valence-electron chi connectivity index (χ1n) is 15.7. The Morgan fingerprint density at radius 1 is 0.644 bits per heavy atom. The predicted molar refractivity (Wildman–Crippen MR) is 181 cm³/mol. The van der Waals surface area contributed by atoms with E-state index in [9.17, 15) is 13.5 Å². The van der Waals surface area contributed by atoms with Crippen molar-refractivity contribution in [2.45, 2.75) is 43.6 Å². The van der Waals surface area contributed by atoms with Gasteiger partial charge < -0.3 is 5.11 Å². The molecule has 1 N–H and O–H groups in total. The number of hydrogen-bond donors (Lipinski definition) is 1. The summed E-state index contributed by atoms with van der Waals surface area (Å²) >= 11 is 0. The average molecular weight is 617 g/mol. The molecule has 0 saturated carbocycles. The maximum atomic E-state index is 14.2. The summed E-state index contributed by atoms with van der Waals surface area (Å²) in [7, 11) is -3.86. The summed E-state index contributed by atoms with van der Waals surface area (Å²) in [4.78, 5) is 2.35. The SMILES string of the molecule is O=S(=O)(C[C@@H](O)[C@@H]1CCCN1C(c1ccccc1)(c1ccccc1)c1ccccc1)N(Cc1ccccc1)Cc1ccccc1. The van der Waals surface area contributed by atoms with Crippen LogP contribution in [-0.2, 0) is 28.7 Å². The lowest BCUT2D eigenvalue weighted by Crippen LogP contribution is -2.55. The van der Waals surface area contributed by atoms with E-state index in [-0.39, 0.29) is 24.9 Å². The zero-order valence-corrected chi connectivity index (χ0v) is 26.2. The molecular weight excluding hydrogens is 577 g/mol. The fourth-order valence-electron chi connectivity index (χ4n) is 6.90. The molecule has 1 aliphatic rings. The quantitative estimate of drug-likeness (QED) is 0.156. The third-order valence-corrected chi connectivity index (χ3v) is 10.7. The van der Waals surface area contributed by atoms with E-state index in [2.05, 4.69) is 41.3 Å². The Morgan fingerprint density at radius 2 is 1.02 bits per heavy atom. The Kier molecular flexibility index (Phi) is 9.57.